The van der Waals surface area contributed by atoms with Crippen molar-refractivity contribution in [3.05, 3.63) is 64.5 Å². The largest absolute Gasteiger partial charge is 0.437 e. The van der Waals surface area contributed by atoms with Crippen LogP contribution in [0.1, 0.15) is 0 Å². The van der Waals surface area contributed by atoms with Crippen LogP contribution in [0.2, 0.25) is 0 Å². The van der Waals surface area contributed by atoms with Gasteiger partial charge in [-0.15, -0.1) is 0 Å². The summed E-state index contributed by atoms with van der Waals surface area (Å²) >= 11 is 0. The Balaban J connectivity index is 2.31. The van der Waals surface area contributed by atoms with Crippen molar-refractivity contribution >= 4 is 11.0 Å². The molecular formula is C14H7F2NO2. The third-order valence-electron chi connectivity index (χ3n) is 2.68. The van der Waals surface area contributed by atoms with Crippen molar-refractivity contribution in [2.45, 2.75) is 0 Å². The summed E-state index contributed by atoms with van der Waals surface area (Å²) in [6.45, 7) is 0. The van der Waals surface area contributed by atoms with E-state index in [-0.39, 0.29) is 16.9 Å². The lowest BCUT2D eigenvalue weighted by Crippen LogP contribution is -2.08. The number of halogens is 2. The Bertz CT molecular complexity index is 813. The summed E-state index contributed by atoms with van der Waals surface area (Å²) in [4.78, 5) is 15.5. The fourth-order valence-electron chi connectivity index (χ4n) is 1.76. The second-order valence-corrected chi connectivity index (χ2v) is 3.95. The van der Waals surface area contributed by atoms with Gasteiger partial charge in [0.25, 0.3) is 5.56 Å². The topological polar surface area (TPSA) is 43.1 Å². The van der Waals surface area contributed by atoms with Gasteiger partial charge in [0.1, 0.15) is 5.58 Å². The number of aromatic nitrogens is 1. The normalized spacial score (nSPS) is 10.8. The minimum absolute atomic E-state index is 0.0299. The van der Waals surface area contributed by atoms with Gasteiger partial charge in [-0.05, 0) is 18.2 Å². The molecule has 3 rings (SSSR count). The fourth-order valence-corrected chi connectivity index (χ4v) is 1.76. The Hall–Kier alpha value is -2.56. The molecule has 94 valence electrons. The summed E-state index contributed by atoms with van der Waals surface area (Å²) < 4.78 is 31.6. The van der Waals surface area contributed by atoms with Gasteiger partial charge in [0.2, 0.25) is 5.89 Å². The minimum Gasteiger partial charge on any atom is -0.437 e. The van der Waals surface area contributed by atoms with Crippen molar-refractivity contribution < 1.29 is 13.2 Å². The predicted molar refractivity (Wildman–Crippen MR) is 65.6 cm³/mol. The Labute approximate surface area is 106 Å². The van der Waals surface area contributed by atoms with Gasteiger partial charge in [-0.1, -0.05) is 18.2 Å². The number of rotatable bonds is 1. The predicted octanol–water partition coefficient (Wildman–Crippen LogP) is 3.13. The van der Waals surface area contributed by atoms with Crippen LogP contribution >= 0.6 is 0 Å². The summed E-state index contributed by atoms with van der Waals surface area (Å²) in [5.41, 5.74) is -0.0945. The van der Waals surface area contributed by atoms with Crippen molar-refractivity contribution in [3.8, 4) is 11.5 Å². The van der Waals surface area contributed by atoms with Crippen LogP contribution < -0.4 is 5.56 Å². The van der Waals surface area contributed by atoms with Gasteiger partial charge < -0.3 is 4.42 Å². The molecule has 0 fully saturated rings. The highest BCUT2D eigenvalue weighted by atomic mass is 19.2. The van der Waals surface area contributed by atoms with E-state index in [9.17, 15) is 13.6 Å². The molecule has 0 atom stereocenters. The first kappa shape index (κ1) is 11.5. The monoisotopic (exact) mass is 259 g/mol. The molecule has 0 amide bonds. The smallest absolute Gasteiger partial charge is 0.284 e. The summed E-state index contributed by atoms with van der Waals surface area (Å²) in [5, 5.41) is -0.0846. The van der Waals surface area contributed by atoms with E-state index in [1.165, 1.54) is 0 Å². The van der Waals surface area contributed by atoms with E-state index in [0.717, 1.165) is 12.1 Å². The van der Waals surface area contributed by atoms with Gasteiger partial charge >= 0.3 is 0 Å². The van der Waals surface area contributed by atoms with Gasteiger partial charge in [0.05, 0.1) is 5.39 Å². The van der Waals surface area contributed by atoms with Crippen molar-refractivity contribution in [3.63, 3.8) is 0 Å². The molecule has 19 heavy (non-hydrogen) atoms. The molecule has 0 aliphatic heterocycles. The molecule has 0 aliphatic rings. The summed E-state index contributed by atoms with van der Waals surface area (Å²) in [6, 6.07) is 10.4. The molecule has 0 unspecified atom stereocenters. The molecule has 1 aromatic heterocycles. The van der Waals surface area contributed by atoms with E-state index in [2.05, 4.69) is 4.98 Å². The van der Waals surface area contributed by atoms with E-state index < -0.39 is 17.2 Å². The highest BCUT2D eigenvalue weighted by Crippen LogP contribution is 2.21. The van der Waals surface area contributed by atoms with Crippen LogP contribution in [0.4, 0.5) is 8.78 Å². The first-order valence-electron chi connectivity index (χ1n) is 5.50. The van der Waals surface area contributed by atoms with E-state index in [1.807, 2.05) is 0 Å². The van der Waals surface area contributed by atoms with Crippen LogP contribution in [0.15, 0.2) is 51.7 Å². The summed E-state index contributed by atoms with van der Waals surface area (Å²) in [7, 11) is 0. The Morgan fingerprint density at radius 2 is 1.68 bits per heavy atom. The number of nitrogens with zero attached hydrogens (tertiary/aromatic N) is 1. The third kappa shape index (κ3) is 1.99. The van der Waals surface area contributed by atoms with Crippen LogP contribution in [-0.2, 0) is 0 Å². The van der Waals surface area contributed by atoms with Gasteiger partial charge in [0.15, 0.2) is 11.6 Å². The molecule has 0 spiro atoms. The van der Waals surface area contributed by atoms with Crippen molar-refractivity contribution in [1.29, 1.82) is 0 Å². The molecule has 0 saturated carbocycles. The summed E-state index contributed by atoms with van der Waals surface area (Å²) in [5.74, 6) is -2.10. The van der Waals surface area contributed by atoms with E-state index in [4.69, 9.17) is 4.42 Å². The number of hydrogen-bond acceptors (Lipinski definition) is 3. The molecule has 0 radical (unpaired) electrons. The molecule has 1 heterocycles. The first-order chi connectivity index (χ1) is 9.15. The van der Waals surface area contributed by atoms with E-state index >= 15 is 0 Å². The minimum atomic E-state index is -1.10. The lowest BCUT2D eigenvalue weighted by Gasteiger charge is -2.02. The highest BCUT2D eigenvalue weighted by molar-refractivity contribution is 5.76. The zero-order chi connectivity index (χ0) is 13.4. The van der Waals surface area contributed by atoms with Crippen LogP contribution in [0.25, 0.3) is 22.4 Å². The Morgan fingerprint density at radius 1 is 1.00 bits per heavy atom. The zero-order valence-corrected chi connectivity index (χ0v) is 9.56. The van der Waals surface area contributed by atoms with Crippen LogP contribution in [0.5, 0.6) is 0 Å². The van der Waals surface area contributed by atoms with Crippen molar-refractivity contribution in [1.82, 2.24) is 4.98 Å². The maximum Gasteiger partial charge on any atom is 0.284 e. The van der Waals surface area contributed by atoms with Gasteiger partial charge in [-0.3, -0.25) is 4.79 Å². The fraction of sp³-hybridized carbons (Fsp3) is 0. The second kappa shape index (κ2) is 4.28. The summed E-state index contributed by atoms with van der Waals surface area (Å²) in [6.07, 6.45) is 0. The van der Waals surface area contributed by atoms with Crippen molar-refractivity contribution in [2.75, 3.05) is 0 Å². The lowest BCUT2D eigenvalue weighted by molar-refractivity contribution is 0.505. The van der Waals surface area contributed by atoms with Gasteiger partial charge in [0, 0.05) is 11.6 Å². The molecule has 0 N–H and O–H groups in total. The van der Waals surface area contributed by atoms with Crippen LogP contribution in [0.3, 0.4) is 0 Å². The highest BCUT2D eigenvalue weighted by Gasteiger charge is 2.12. The Kier molecular flexibility index (Phi) is 2.59. The second-order valence-electron chi connectivity index (χ2n) is 3.95. The average molecular weight is 259 g/mol. The molecule has 3 nitrogen and oxygen atoms in total. The SMILES string of the molecule is O=c1nc(-c2ccccc2)oc2cc(F)c(F)cc12. The number of hydrogen-bond donors (Lipinski definition) is 0. The maximum atomic E-state index is 13.2. The molecule has 0 bridgehead atoms. The van der Waals surface area contributed by atoms with Crippen LogP contribution in [-0.4, -0.2) is 4.98 Å². The molecule has 0 saturated heterocycles. The third-order valence-corrected chi connectivity index (χ3v) is 2.68. The first-order valence-corrected chi connectivity index (χ1v) is 5.50. The quantitative estimate of drug-likeness (QED) is 0.674. The van der Waals surface area contributed by atoms with Crippen LogP contribution in [0, 0.1) is 11.6 Å². The van der Waals surface area contributed by atoms with E-state index in [0.29, 0.717) is 5.56 Å². The Morgan fingerprint density at radius 3 is 2.42 bits per heavy atom. The molecule has 3 aromatic rings. The van der Waals surface area contributed by atoms with E-state index in [1.54, 1.807) is 30.3 Å². The van der Waals surface area contributed by atoms with Crippen molar-refractivity contribution in [2.24, 2.45) is 0 Å². The number of fused-ring (bicyclic) bond motifs is 1. The standard InChI is InChI=1S/C14H7F2NO2/c15-10-6-9-12(7-11(10)16)19-14(17-13(9)18)8-4-2-1-3-5-8/h1-7H. The molecular weight excluding hydrogens is 252 g/mol. The molecule has 5 heteroatoms. The molecule has 0 aliphatic carbocycles. The average Bonchev–Trinajstić information content (AvgIpc) is 2.42. The zero-order valence-electron chi connectivity index (χ0n) is 9.56. The number of benzene rings is 2. The molecule has 2 aromatic carbocycles. The van der Waals surface area contributed by atoms with Gasteiger partial charge in [-0.2, -0.15) is 4.98 Å². The lowest BCUT2D eigenvalue weighted by atomic mass is 10.2. The maximum absolute atomic E-state index is 13.2. The van der Waals surface area contributed by atoms with Gasteiger partial charge in [-0.25, -0.2) is 8.78 Å².